The fourth-order valence-corrected chi connectivity index (χ4v) is 5.10. The maximum Gasteiger partial charge on any atom is 0.254 e. The molecule has 5 rings (SSSR count). The first-order valence-electron chi connectivity index (χ1n) is 8.96. The van der Waals surface area contributed by atoms with E-state index in [0.29, 0.717) is 28.6 Å². The van der Waals surface area contributed by atoms with Gasteiger partial charge < -0.3 is 14.4 Å². The number of likely N-dealkylation sites (tertiary alicyclic amines) is 1. The largest absolute Gasteiger partial charge is 0.454 e. The number of thiazole rings is 1. The topological polar surface area (TPSA) is 51.7 Å². The van der Waals surface area contributed by atoms with Crippen molar-refractivity contribution in [1.29, 1.82) is 0 Å². The summed E-state index contributed by atoms with van der Waals surface area (Å²) in [4.78, 5) is 20.0. The second-order valence-corrected chi connectivity index (χ2v) is 8.19. The van der Waals surface area contributed by atoms with Crippen LogP contribution in [-0.2, 0) is 0 Å². The van der Waals surface area contributed by atoms with Crippen molar-refractivity contribution in [2.24, 2.45) is 0 Å². The maximum absolute atomic E-state index is 13.3. The molecule has 3 aromatic rings. The smallest absolute Gasteiger partial charge is 0.254 e. The number of piperidine rings is 1. The van der Waals surface area contributed by atoms with Crippen LogP contribution in [0.4, 0.5) is 0 Å². The number of amides is 1. The molecule has 1 aromatic heterocycles. The average Bonchev–Trinajstić information content (AvgIpc) is 3.34. The summed E-state index contributed by atoms with van der Waals surface area (Å²) in [6.45, 7) is 0.843. The third-order valence-corrected chi connectivity index (χ3v) is 6.45. The van der Waals surface area contributed by atoms with Gasteiger partial charge in [0.1, 0.15) is 5.01 Å². The van der Waals surface area contributed by atoms with Crippen LogP contribution in [0.25, 0.3) is 10.2 Å². The molecule has 0 bridgehead atoms. The number of hydrogen-bond donors (Lipinski definition) is 0. The van der Waals surface area contributed by atoms with E-state index in [1.54, 1.807) is 23.5 Å². The molecule has 7 heteroatoms. The molecule has 0 aliphatic carbocycles. The number of aromatic nitrogens is 1. The van der Waals surface area contributed by atoms with Crippen molar-refractivity contribution < 1.29 is 14.3 Å². The molecular formula is C20H17ClN2O3S. The minimum absolute atomic E-state index is 0.00662. The van der Waals surface area contributed by atoms with Crippen LogP contribution in [0.15, 0.2) is 36.4 Å². The van der Waals surface area contributed by atoms with Crippen LogP contribution < -0.4 is 9.47 Å². The predicted octanol–water partition coefficient (Wildman–Crippen LogP) is 5.05. The van der Waals surface area contributed by atoms with Crippen LogP contribution in [0.2, 0.25) is 5.02 Å². The third kappa shape index (κ3) is 2.93. The molecule has 3 heterocycles. The Morgan fingerprint density at radius 3 is 3.00 bits per heavy atom. The van der Waals surface area contributed by atoms with Gasteiger partial charge in [0, 0.05) is 12.1 Å². The van der Waals surface area contributed by atoms with Gasteiger partial charge in [-0.15, -0.1) is 11.3 Å². The summed E-state index contributed by atoms with van der Waals surface area (Å²) in [6, 6.07) is 11.5. The van der Waals surface area contributed by atoms with Gasteiger partial charge in [0.25, 0.3) is 5.91 Å². The summed E-state index contributed by atoms with van der Waals surface area (Å²) >= 11 is 7.95. The number of halogens is 1. The van der Waals surface area contributed by atoms with Gasteiger partial charge in [0.15, 0.2) is 11.5 Å². The van der Waals surface area contributed by atoms with Crippen molar-refractivity contribution in [1.82, 2.24) is 9.88 Å². The highest BCUT2D eigenvalue weighted by Crippen LogP contribution is 2.41. The molecule has 1 fully saturated rings. The van der Waals surface area contributed by atoms with Crippen molar-refractivity contribution in [3.05, 3.63) is 52.0 Å². The zero-order chi connectivity index (χ0) is 18.4. The number of rotatable bonds is 2. The van der Waals surface area contributed by atoms with Crippen LogP contribution in [-0.4, -0.2) is 29.1 Å². The van der Waals surface area contributed by atoms with Crippen molar-refractivity contribution in [3.63, 3.8) is 0 Å². The third-order valence-electron chi connectivity index (χ3n) is 5.03. The number of benzene rings is 2. The highest BCUT2D eigenvalue weighted by atomic mass is 35.5. The van der Waals surface area contributed by atoms with E-state index in [0.717, 1.165) is 34.5 Å². The lowest BCUT2D eigenvalue weighted by Gasteiger charge is -2.34. The Morgan fingerprint density at radius 2 is 2.11 bits per heavy atom. The average molecular weight is 401 g/mol. The minimum atomic E-state index is -0.0424. The van der Waals surface area contributed by atoms with E-state index in [4.69, 9.17) is 26.1 Å². The van der Waals surface area contributed by atoms with Gasteiger partial charge in [-0.2, -0.15) is 0 Å². The zero-order valence-electron chi connectivity index (χ0n) is 14.5. The van der Waals surface area contributed by atoms with E-state index >= 15 is 0 Å². The summed E-state index contributed by atoms with van der Waals surface area (Å²) in [5.41, 5.74) is 1.51. The summed E-state index contributed by atoms with van der Waals surface area (Å²) in [5.74, 6) is 0.994. The van der Waals surface area contributed by atoms with Crippen LogP contribution in [0, 0.1) is 0 Å². The fraction of sp³-hybridized carbons (Fsp3) is 0.300. The number of nitrogens with zero attached hydrogens (tertiary/aromatic N) is 2. The van der Waals surface area contributed by atoms with Crippen molar-refractivity contribution in [3.8, 4) is 11.5 Å². The summed E-state index contributed by atoms with van der Waals surface area (Å²) in [6.07, 6.45) is 3.00. The Hall–Kier alpha value is -2.31. The van der Waals surface area contributed by atoms with E-state index in [9.17, 15) is 4.79 Å². The molecular weight excluding hydrogens is 384 g/mol. The first kappa shape index (κ1) is 16.8. The monoisotopic (exact) mass is 400 g/mol. The molecule has 1 amide bonds. The van der Waals surface area contributed by atoms with Gasteiger partial charge in [0.2, 0.25) is 6.79 Å². The van der Waals surface area contributed by atoms with Crippen LogP contribution in [0.1, 0.15) is 40.7 Å². The number of para-hydroxylation sites is 1. The first-order valence-corrected chi connectivity index (χ1v) is 10.2. The van der Waals surface area contributed by atoms with E-state index in [-0.39, 0.29) is 18.7 Å². The lowest BCUT2D eigenvalue weighted by atomic mass is 10.0. The molecule has 27 heavy (non-hydrogen) atoms. The molecule has 138 valence electrons. The molecule has 1 atom stereocenters. The number of carbonyl (C=O) groups is 1. The zero-order valence-corrected chi connectivity index (χ0v) is 16.1. The van der Waals surface area contributed by atoms with E-state index in [1.807, 2.05) is 23.1 Å². The summed E-state index contributed by atoms with van der Waals surface area (Å²) < 4.78 is 11.9. The molecule has 2 aromatic carbocycles. The molecule has 2 aliphatic heterocycles. The number of carbonyl (C=O) groups excluding carboxylic acids is 1. The van der Waals surface area contributed by atoms with Crippen LogP contribution in [0.5, 0.6) is 11.5 Å². The summed E-state index contributed by atoms with van der Waals surface area (Å²) in [7, 11) is 0. The second-order valence-electron chi connectivity index (χ2n) is 6.72. The van der Waals surface area contributed by atoms with Crippen molar-refractivity contribution >= 4 is 39.1 Å². The molecule has 0 spiro atoms. The lowest BCUT2D eigenvalue weighted by Crippen LogP contribution is -2.38. The second kappa shape index (κ2) is 6.69. The molecule has 0 saturated carbocycles. The SMILES string of the molecule is O=C(c1cc(Cl)c2c(c1)OCO2)N1CCCC[C@H]1c1nc2ccccc2s1. The Bertz CT molecular complexity index is 1000. The van der Waals surface area contributed by atoms with Gasteiger partial charge in [-0.3, -0.25) is 4.79 Å². The first-order chi connectivity index (χ1) is 13.2. The number of hydrogen-bond acceptors (Lipinski definition) is 5. The fourth-order valence-electron chi connectivity index (χ4n) is 3.72. The Labute approximate surface area is 165 Å². The molecule has 5 nitrogen and oxygen atoms in total. The van der Waals surface area contributed by atoms with Gasteiger partial charge in [0.05, 0.1) is 21.3 Å². The highest BCUT2D eigenvalue weighted by molar-refractivity contribution is 7.18. The van der Waals surface area contributed by atoms with E-state index in [2.05, 4.69) is 6.07 Å². The molecule has 2 aliphatic rings. The van der Waals surface area contributed by atoms with Gasteiger partial charge in [-0.1, -0.05) is 23.7 Å². The normalized spacial score (nSPS) is 18.9. The maximum atomic E-state index is 13.3. The quantitative estimate of drug-likeness (QED) is 0.604. The standard InChI is InChI=1S/C20H17ClN2O3S/c21-13-9-12(10-16-18(13)26-11-25-16)20(24)23-8-4-3-6-15(23)19-22-14-5-1-2-7-17(14)27-19/h1-2,5,7,9-10,15H,3-4,6,8,11H2/t15-/m0/s1. The highest BCUT2D eigenvalue weighted by Gasteiger charge is 2.32. The van der Waals surface area contributed by atoms with Gasteiger partial charge in [-0.25, -0.2) is 4.98 Å². The van der Waals surface area contributed by atoms with E-state index < -0.39 is 0 Å². The molecule has 1 saturated heterocycles. The summed E-state index contributed by atoms with van der Waals surface area (Å²) in [5, 5.41) is 1.40. The minimum Gasteiger partial charge on any atom is -0.454 e. The Balaban J connectivity index is 1.50. The predicted molar refractivity (Wildman–Crippen MR) is 105 cm³/mol. The Morgan fingerprint density at radius 1 is 1.22 bits per heavy atom. The lowest BCUT2D eigenvalue weighted by molar-refractivity contribution is 0.0611. The van der Waals surface area contributed by atoms with Gasteiger partial charge in [-0.05, 0) is 43.5 Å². The Kier molecular flexibility index (Phi) is 4.17. The number of ether oxygens (including phenoxy) is 2. The van der Waals surface area contributed by atoms with Crippen molar-refractivity contribution in [2.75, 3.05) is 13.3 Å². The van der Waals surface area contributed by atoms with Crippen molar-refractivity contribution in [2.45, 2.75) is 25.3 Å². The van der Waals surface area contributed by atoms with E-state index in [1.165, 1.54) is 0 Å². The van der Waals surface area contributed by atoms with Gasteiger partial charge >= 0.3 is 0 Å². The molecule has 0 N–H and O–H groups in total. The number of fused-ring (bicyclic) bond motifs is 2. The molecule has 0 radical (unpaired) electrons. The van der Waals surface area contributed by atoms with Crippen LogP contribution >= 0.6 is 22.9 Å². The molecule has 0 unspecified atom stereocenters. The van der Waals surface area contributed by atoms with Crippen LogP contribution in [0.3, 0.4) is 0 Å².